The number of allylic oxidation sites excluding steroid dienone is 3. The van der Waals surface area contributed by atoms with Crippen LogP contribution in [0.4, 0.5) is 0 Å². The number of carbonyl (C=O) groups excluding carboxylic acids is 1. The maximum atomic E-state index is 13.5. The van der Waals surface area contributed by atoms with E-state index in [4.69, 9.17) is 4.74 Å². The van der Waals surface area contributed by atoms with Crippen LogP contribution in [0.15, 0.2) is 53.5 Å². The van der Waals surface area contributed by atoms with Crippen molar-refractivity contribution in [2.75, 3.05) is 39.4 Å². The van der Waals surface area contributed by atoms with Crippen molar-refractivity contribution in [3.63, 3.8) is 0 Å². The molecule has 1 unspecified atom stereocenters. The first-order valence-corrected chi connectivity index (χ1v) is 14.6. The maximum Gasteiger partial charge on any atom is 0.271 e. The van der Waals surface area contributed by atoms with E-state index in [1.165, 1.54) is 3.97 Å². The minimum absolute atomic E-state index is 0.214. The fourth-order valence-electron chi connectivity index (χ4n) is 5.14. The van der Waals surface area contributed by atoms with Crippen molar-refractivity contribution in [3.05, 3.63) is 64.9 Å². The molecule has 202 valence electrons. The predicted octanol–water partition coefficient (Wildman–Crippen LogP) is 3.46. The molecule has 1 aliphatic heterocycles. The molecule has 5 rings (SSSR count). The van der Waals surface area contributed by atoms with Crippen LogP contribution in [0.2, 0.25) is 0 Å². The summed E-state index contributed by atoms with van der Waals surface area (Å²) in [5.74, 6) is 0.169. The van der Waals surface area contributed by atoms with Crippen molar-refractivity contribution in [2.45, 2.75) is 26.7 Å². The first-order chi connectivity index (χ1) is 18.3. The smallest absolute Gasteiger partial charge is 0.271 e. The molecule has 0 saturated carbocycles. The summed E-state index contributed by atoms with van der Waals surface area (Å²) >= 11 is 0. The van der Waals surface area contributed by atoms with Crippen molar-refractivity contribution in [1.29, 1.82) is 0 Å². The number of nitrogens with zero attached hydrogens (tertiary/aromatic N) is 4. The van der Waals surface area contributed by atoms with Gasteiger partial charge in [0.1, 0.15) is 0 Å². The van der Waals surface area contributed by atoms with Gasteiger partial charge in [0.2, 0.25) is 0 Å². The van der Waals surface area contributed by atoms with Gasteiger partial charge in [-0.1, -0.05) is 25.1 Å². The van der Waals surface area contributed by atoms with Gasteiger partial charge in [-0.3, -0.25) is 14.4 Å². The highest BCUT2D eigenvalue weighted by molar-refractivity contribution is 7.94. The van der Waals surface area contributed by atoms with Crippen LogP contribution in [0.25, 0.3) is 22.2 Å². The molecule has 2 aliphatic rings. The van der Waals surface area contributed by atoms with Crippen LogP contribution >= 0.6 is 0 Å². The summed E-state index contributed by atoms with van der Waals surface area (Å²) in [7, 11) is -1.91. The number of fused-ring (bicyclic) bond motifs is 1. The highest BCUT2D eigenvalue weighted by Gasteiger charge is 2.25. The Morgan fingerprint density at radius 3 is 2.68 bits per heavy atom. The topological polar surface area (TPSA) is 98.5 Å². The minimum Gasteiger partial charge on any atom is -0.379 e. The molecule has 38 heavy (non-hydrogen) atoms. The van der Waals surface area contributed by atoms with E-state index in [-0.39, 0.29) is 5.91 Å². The number of aromatic nitrogens is 3. The summed E-state index contributed by atoms with van der Waals surface area (Å²) in [6.07, 6.45) is 7.26. The van der Waals surface area contributed by atoms with E-state index >= 15 is 0 Å². The van der Waals surface area contributed by atoms with Crippen molar-refractivity contribution in [2.24, 2.45) is 13.0 Å². The standard InChI is InChI=1S/C28H35N5O4S/c1-4-21-5-8-24(9-6-21)38(35,36)33-20(2)17-23-18-22(7-10-26(23)33)27-19-25(30-31(27)3)28(34)29-11-12-32-13-15-37-16-14-32/h5,7-10,17-19,21H,4,6,11-16H2,1-3H3,(H,29,34). The summed E-state index contributed by atoms with van der Waals surface area (Å²) in [5.41, 5.74) is 3.26. The fourth-order valence-corrected chi connectivity index (χ4v) is 6.77. The molecule has 1 atom stereocenters. The molecule has 3 aromatic rings. The van der Waals surface area contributed by atoms with Gasteiger partial charge in [0, 0.05) is 49.9 Å². The normalized spacial score (nSPS) is 18.6. The first-order valence-electron chi connectivity index (χ1n) is 13.2. The number of hydrogen-bond donors (Lipinski definition) is 1. The number of morpholine rings is 1. The van der Waals surface area contributed by atoms with E-state index in [1.54, 1.807) is 23.9 Å². The van der Waals surface area contributed by atoms with E-state index in [1.807, 2.05) is 43.3 Å². The molecule has 10 heteroatoms. The summed E-state index contributed by atoms with van der Waals surface area (Å²) in [6.45, 7) is 8.44. The lowest BCUT2D eigenvalue weighted by Crippen LogP contribution is -2.41. The highest BCUT2D eigenvalue weighted by atomic mass is 32.2. The largest absolute Gasteiger partial charge is 0.379 e. The number of benzene rings is 1. The van der Waals surface area contributed by atoms with Gasteiger partial charge >= 0.3 is 0 Å². The summed E-state index contributed by atoms with van der Waals surface area (Å²) in [4.78, 5) is 15.3. The van der Waals surface area contributed by atoms with Gasteiger partial charge in [-0.25, -0.2) is 12.4 Å². The molecule has 0 radical (unpaired) electrons. The van der Waals surface area contributed by atoms with Crippen molar-refractivity contribution in [1.82, 2.24) is 24.0 Å². The van der Waals surface area contributed by atoms with Crippen LogP contribution in [0, 0.1) is 12.8 Å². The number of amides is 1. The minimum atomic E-state index is -3.71. The summed E-state index contributed by atoms with van der Waals surface area (Å²) in [5, 5.41) is 8.19. The van der Waals surface area contributed by atoms with Crippen LogP contribution in [-0.4, -0.2) is 72.4 Å². The molecular formula is C28H35N5O4S. The molecule has 1 aliphatic carbocycles. The molecule has 1 aromatic carbocycles. The SMILES string of the molecule is CCC1C=CC(S(=O)(=O)n2c(C)cc3cc(-c4cc(C(=O)NCCN5CCOCC5)nn4C)ccc32)=CC1. The molecule has 1 fully saturated rings. The summed E-state index contributed by atoms with van der Waals surface area (Å²) < 4.78 is 35.5. The van der Waals surface area contributed by atoms with E-state index in [0.717, 1.165) is 62.3 Å². The third-order valence-electron chi connectivity index (χ3n) is 7.37. The average molecular weight is 538 g/mol. The number of aryl methyl sites for hydroxylation is 2. The number of carbonyl (C=O) groups is 1. The third-order valence-corrected chi connectivity index (χ3v) is 9.24. The first kappa shape index (κ1) is 26.4. The highest BCUT2D eigenvalue weighted by Crippen LogP contribution is 2.31. The maximum absolute atomic E-state index is 13.5. The number of ether oxygens (including phenoxy) is 1. The van der Waals surface area contributed by atoms with Crippen LogP contribution < -0.4 is 5.32 Å². The van der Waals surface area contributed by atoms with Crippen LogP contribution in [0.5, 0.6) is 0 Å². The molecule has 1 amide bonds. The lowest BCUT2D eigenvalue weighted by molar-refractivity contribution is 0.0383. The number of hydrogen-bond acceptors (Lipinski definition) is 6. The van der Waals surface area contributed by atoms with Crippen LogP contribution in [-0.2, 0) is 21.8 Å². The molecule has 2 aromatic heterocycles. The van der Waals surface area contributed by atoms with Crippen molar-refractivity contribution in [3.8, 4) is 11.3 Å². The lowest BCUT2D eigenvalue weighted by atomic mass is 9.98. The lowest BCUT2D eigenvalue weighted by Gasteiger charge is -2.26. The van der Waals surface area contributed by atoms with E-state index in [9.17, 15) is 13.2 Å². The van der Waals surface area contributed by atoms with Crippen LogP contribution in [0.3, 0.4) is 0 Å². The quantitative estimate of drug-likeness (QED) is 0.473. The zero-order valence-electron chi connectivity index (χ0n) is 22.2. The molecule has 0 bridgehead atoms. The Morgan fingerprint density at radius 2 is 1.97 bits per heavy atom. The van der Waals surface area contributed by atoms with Crippen LogP contribution in [0.1, 0.15) is 35.9 Å². The van der Waals surface area contributed by atoms with Gasteiger partial charge in [-0.15, -0.1) is 0 Å². The number of rotatable bonds is 8. The van der Waals surface area contributed by atoms with E-state index in [0.29, 0.717) is 34.3 Å². The Morgan fingerprint density at radius 1 is 1.18 bits per heavy atom. The molecular weight excluding hydrogens is 502 g/mol. The van der Waals surface area contributed by atoms with Crippen molar-refractivity contribution < 1.29 is 17.9 Å². The average Bonchev–Trinajstić information content (AvgIpc) is 3.48. The van der Waals surface area contributed by atoms with Gasteiger partial charge in [-0.2, -0.15) is 5.10 Å². The molecule has 3 heterocycles. The zero-order chi connectivity index (χ0) is 26.9. The van der Waals surface area contributed by atoms with E-state index < -0.39 is 10.0 Å². The Bertz CT molecular complexity index is 1510. The summed E-state index contributed by atoms with van der Waals surface area (Å²) in [6, 6.07) is 9.31. The second-order valence-electron chi connectivity index (χ2n) is 9.95. The second-order valence-corrected chi connectivity index (χ2v) is 11.7. The van der Waals surface area contributed by atoms with Gasteiger partial charge in [0.25, 0.3) is 15.9 Å². The van der Waals surface area contributed by atoms with Gasteiger partial charge in [0.15, 0.2) is 5.69 Å². The monoisotopic (exact) mass is 537 g/mol. The molecule has 1 N–H and O–H groups in total. The third kappa shape index (κ3) is 5.21. The van der Waals surface area contributed by atoms with E-state index in [2.05, 4.69) is 22.2 Å². The fraction of sp³-hybridized carbons (Fsp3) is 0.429. The van der Waals surface area contributed by atoms with Gasteiger partial charge < -0.3 is 10.1 Å². The Hall–Kier alpha value is -3.21. The molecule has 0 spiro atoms. The van der Waals surface area contributed by atoms with Gasteiger partial charge in [0.05, 0.1) is 29.3 Å². The molecule has 9 nitrogen and oxygen atoms in total. The second kappa shape index (κ2) is 10.9. The predicted molar refractivity (Wildman–Crippen MR) is 148 cm³/mol. The molecule has 1 saturated heterocycles. The Labute approximate surface area is 223 Å². The van der Waals surface area contributed by atoms with Crippen molar-refractivity contribution >= 4 is 26.8 Å². The Kier molecular flexibility index (Phi) is 7.56. The zero-order valence-corrected chi connectivity index (χ0v) is 23.0. The van der Waals surface area contributed by atoms with Gasteiger partial charge in [-0.05, 0) is 56.0 Å². The Balaban J connectivity index is 1.35. The number of nitrogens with one attached hydrogen (secondary N) is 1.